The molecule has 0 heterocycles. The third-order valence-electron chi connectivity index (χ3n) is 4.41. The summed E-state index contributed by atoms with van der Waals surface area (Å²) in [5.41, 5.74) is 0. The Balaban J connectivity index is 3.03. The van der Waals surface area contributed by atoms with Crippen molar-refractivity contribution in [1.29, 1.82) is 0 Å². The van der Waals surface area contributed by atoms with Gasteiger partial charge in [-0.25, -0.2) is 0 Å². The van der Waals surface area contributed by atoms with Crippen molar-refractivity contribution < 1.29 is 4.39 Å². The average molecular weight is 328 g/mol. The maximum absolute atomic E-state index is 11.9. The Labute approximate surface area is 145 Å². The molecule has 0 bridgehead atoms. The van der Waals surface area contributed by atoms with Gasteiger partial charge in [-0.05, 0) is 31.9 Å². The molecule has 0 aliphatic heterocycles. The summed E-state index contributed by atoms with van der Waals surface area (Å²) in [4.78, 5) is 0. The fourth-order valence-electron chi connectivity index (χ4n) is 2.85. The summed E-state index contributed by atoms with van der Waals surface area (Å²) in [6.07, 6.45) is 25.0. The zero-order chi connectivity index (χ0) is 16.8. The Bertz CT molecular complexity index is 228. The summed E-state index contributed by atoms with van der Waals surface area (Å²) in [6, 6.07) is 0. The van der Waals surface area contributed by atoms with Crippen molar-refractivity contribution in [1.82, 2.24) is 5.32 Å². The van der Waals surface area contributed by atoms with Crippen molar-refractivity contribution >= 4 is 0 Å². The lowest BCUT2D eigenvalue weighted by Gasteiger charge is -2.02. The second-order valence-corrected chi connectivity index (χ2v) is 6.78. The molecular formula is C21H42FN. The van der Waals surface area contributed by atoms with Crippen LogP contribution in [0.25, 0.3) is 0 Å². The Morgan fingerprint density at radius 2 is 1.17 bits per heavy atom. The molecular weight excluding hydrogens is 285 g/mol. The van der Waals surface area contributed by atoms with Crippen molar-refractivity contribution in [3.63, 3.8) is 0 Å². The lowest BCUT2D eigenvalue weighted by atomic mass is 10.1. The first-order valence-electron chi connectivity index (χ1n) is 10.4. The van der Waals surface area contributed by atoms with Gasteiger partial charge in [0.2, 0.25) is 0 Å². The van der Waals surface area contributed by atoms with Crippen molar-refractivity contribution in [2.45, 2.75) is 110 Å². The molecule has 138 valence electrons. The number of rotatable bonds is 19. The molecule has 23 heavy (non-hydrogen) atoms. The van der Waals surface area contributed by atoms with Crippen molar-refractivity contribution in [2.75, 3.05) is 13.2 Å². The molecule has 0 aliphatic carbocycles. The number of nitrogens with one attached hydrogen (secondary N) is 1. The van der Waals surface area contributed by atoms with Crippen LogP contribution in [-0.2, 0) is 0 Å². The normalized spacial score (nSPS) is 11.4. The van der Waals surface area contributed by atoms with Gasteiger partial charge < -0.3 is 5.32 Å². The maximum atomic E-state index is 11.9. The minimum absolute atomic E-state index is 0.148. The van der Waals surface area contributed by atoms with Gasteiger partial charge in [0, 0.05) is 6.54 Å². The lowest BCUT2D eigenvalue weighted by Crippen LogP contribution is -2.06. The molecule has 0 fully saturated rings. The van der Waals surface area contributed by atoms with Crippen molar-refractivity contribution in [3.8, 4) is 0 Å². The van der Waals surface area contributed by atoms with E-state index in [1.165, 1.54) is 89.9 Å². The van der Waals surface area contributed by atoms with Crippen LogP contribution < -0.4 is 5.32 Å². The second-order valence-electron chi connectivity index (χ2n) is 6.78. The SMILES string of the molecule is CCCCCCCCCCCC=CNCCCCCCCCF. The number of halogens is 1. The predicted octanol–water partition coefficient (Wildman–Crippen LogP) is 7.32. The summed E-state index contributed by atoms with van der Waals surface area (Å²) < 4.78 is 11.9. The molecule has 1 nitrogen and oxygen atoms in total. The first-order chi connectivity index (χ1) is 11.4. The van der Waals surface area contributed by atoms with E-state index in [1.54, 1.807) is 0 Å². The van der Waals surface area contributed by atoms with Crippen LogP contribution in [0.3, 0.4) is 0 Å². The van der Waals surface area contributed by atoms with E-state index in [-0.39, 0.29) is 6.67 Å². The Kier molecular flexibility index (Phi) is 21.0. The Hall–Kier alpha value is -0.530. The third-order valence-corrected chi connectivity index (χ3v) is 4.41. The van der Waals surface area contributed by atoms with Gasteiger partial charge in [-0.3, -0.25) is 4.39 Å². The van der Waals surface area contributed by atoms with Gasteiger partial charge in [-0.15, -0.1) is 0 Å². The quantitative estimate of drug-likeness (QED) is 0.245. The number of unbranched alkanes of at least 4 members (excludes halogenated alkanes) is 14. The fraction of sp³-hybridized carbons (Fsp3) is 0.905. The van der Waals surface area contributed by atoms with E-state index in [1.807, 2.05) is 0 Å². The van der Waals surface area contributed by atoms with Crippen LogP contribution in [0.1, 0.15) is 110 Å². The molecule has 0 amide bonds. The zero-order valence-electron chi connectivity index (χ0n) is 15.8. The molecule has 0 unspecified atom stereocenters. The van der Waals surface area contributed by atoms with Gasteiger partial charge >= 0.3 is 0 Å². The third kappa shape index (κ3) is 21.5. The Morgan fingerprint density at radius 3 is 1.78 bits per heavy atom. The molecule has 0 spiro atoms. The highest BCUT2D eigenvalue weighted by molar-refractivity contribution is 4.79. The molecule has 2 heteroatoms. The van der Waals surface area contributed by atoms with Crippen molar-refractivity contribution in [3.05, 3.63) is 12.3 Å². The zero-order valence-corrected chi connectivity index (χ0v) is 15.8. The summed E-state index contributed by atoms with van der Waals surface area (Å²) in [7, 11) is 0. The van der Waals surface area contributed by atoms with Gasteiger partial charge in [-0.1, -0.05) is 90.0 Å². The fourth-order valence-corrected chi connectivity index (χ4v) is 2.85. The highest BCUT2D eigenvalue weighted by Crippen LogP contribution is 2.10. The molecule has 0 aromatic rings. The van der Waals surface area contributed by atoms with Gasteiger partial charge in [0.25, 0.3) is 0 Å². The van der Waals surface area contributed by atoms with E-state index in [4.69, 9.17) is 0 Å². The summed E-state index contributed by atoms with van der Waals surface area (Å²) in [5.74, 6) is 0. The summed E-state index contributed by atoms with van der Waals surface area (Å²) in [5, 5.41) is 3.38. The lowest BCUT2D eigenvalue weighted by molar-refractivity contribution is 0.450. The molecule has 0 saturated heterocycles. The van der Waals surface area contributed by atoms with E-state index in [0.29, 0.717) is 0 Å². The molecule has 0 radical (unpaired) electrons. The van der Waals surface area contributed by atoms with E-state index in [9.17, 15) is 4.39 Å². The van der Waals surface area contributed by atoms with Crippen LogP contribution in [0.5, 0.6) is 0 Å². The second kappa shape index (κ2) is 21.5. The average Bonchev–Trinajstić information content (AvgIpc) is 2.57. The first-order valence-corrected chi connectivity index (χ1v) is 10.4. The standard InChI is InChI=1S/C21H42FN/c1-2-3-4-5-6-7-8-9-11-14-17-20-23-21-18-15-12-10-13-16-19-22/h17,20,23H,2-16,18-19,21H2,1H3. The van der Waals surface area contributed by atoms with Crippen LogP contribution in [0.4, 0.5) is 4.39 Å². The van der Waals surface area contributed by atoms with Crippen LogP contribution in [-0.4, -0.2) is 13.2 Å². The van der Waals surface area contributed by atoms with Crippen LogP contribution in [0, 0.1) is 0 Å². The monoisotopic (exact) mass is 327 g/mol. The van der Waals surface area contributed by atoms with E-state index < -0.39 is 0 Å². The molecule has 0 aliphatic rings. The molecule has 1 N–H and O–H groups in total. The van der Waals surface area contributed by atoms with Crippen LogP contribution in [0.2, 0.25) is 0 Å². The minimum Gasteiger partial charge on any atom is -0.391 e. The highest BCUT2D eigenvalue weighted by atomic mass is 19.1. The van der Waals surface area contributed by atoms with E-state index >= 15 is 0 Å². The number of alkyl halides is 1. The highest BCUT2D eigenvalue weighted by Gasteiger charge is 1.92. The van der Waals surface area contributed by atoms with Gasteiger partial charge in [-0.2, -0.15) is 0 Å². The van der Waals surface area contributed by atoms with Crippen LogP contribution >= 0.6 is 0 Å². The number of hydrogen-bond acceptors (Lipinski definition) is 1. The summed E-state index contributed by atoms with van der Waals surface area (Å²) in [6.45, 7) is 3.21. The molecule has 0 atom stereocenters. The number of hydrogen-bond donors (Lipinski definition) is 1. The molecule has 0 rings (SSSR count). The minimum atomic E-state index is -0.148. The number of allylic oxidation sites excluding steroid dienone is 1. The Morgan fingerprint density at radius 1 is 0.652 bits per heavy atom. The van der Waals surface area contributed by atoms with E-state index in [2.05, 4.69) is 24.5 Å². The molecule has 0 saturated carbocycles. The van der Waals surface area contributed by atoms with Gasteiger partial charge in [0.05, 0.1) is 6.67 Å². The van der Waals surface area contributed by atoms with Gasteiger partial charge in [0.15, 0.2) is 0 Å². The van der Waals surface area contributed by atoms with Gasteiger partial charge in [0.1, 0.15) is 0 Å². The van der Waals surface area contributed by atoms with E-state index in [0.717, 1.165) is 19.4 Å². The predicted molar refractivity (Wildman–Crippen MR) is 103 cm³/mol. The molecule has 0 aromatic heterocycles. The van der Waals surface area contributed by atoms with Crippen LogP contribution in [0.15, 0.2) is 12.3 Å². The molecule has 0 aromatic carbocycles. The van der Waals surface area contributed by atoms with Crippen molar-refractivity contribution in [2.24, 2.45) is 0 Å². The first kappa shape index (κ1) is 22.5. The smallest absolute Gasteiger partial charge is 0.0894 e. The largest absolute Gasteiger partial charge is 0.391 e. The topological polar surface area (TPSA) is 12.0 Å². The maximum Gasteiger partial charge on any atom is 0.0894 e. The summed E-state index contributed by atoms with van der Waals surface area (Å²) >= 11 is 0.